The minimum absolute atomic E-state index is 0.0360. The maximum atomic E-state index is 8.98. The van der Waals surface area contributed by atoms with Crippen molar-refractivity contribution < 1.29 is 5.11 Å². The fraction of sp³-hybridized carbons (Fsp3) is 0.143. The van der Waals surface area contributed by atoms with Crippen molar-refractivity contribution in [2.45, 2.75) is 12.6 Å². The lowest BCUT2D eigenvalue weighted by molar-refractivity contribution is 0.282. The maximum absolute atomic E-state index is 8.98. The van der Waals surface area contributed by atoms with E-state index in [1.807, 2.05) is 54.6 Å². The minimum Gasteiger partial charge on any atom is -0.392 e. The average Bonchev–Trinajstić information content (AvgIpc) is 2.42. The lowest BCUT2D eigenvalue weighted by Crippen LogP contribution is -1.97. The molecule has 0 fully saturated rings. The first-order valence-electron chi connectivity index (χ1n) is 5.46. The van der Waals surface area contributed by atoms with E-state index in [9.17, 15) is 0 Å². The molecule has 86 valence electrons. The molecule has 17 heavy (non-hydrogen) atoms. The normalized spacial score (nSPS) is 12.1. The number of hydrogen-bond acceptors (Lipinski definition) is 3. The summed E-state index contributed by atoms with van der Waals surface area (Å²) in [5.74, 6) is 0. The van der Waals surface area contributed by atoms with Crippen molar-refractivity contribution >= 4 is 0 Å². The molecule has 0 heterocycles. The quantitative estimate of drug-likeness (QED) is 0.772. The van der Waals surface area contributed by atoms with Crippen LogP contribution in [-0.2, 0) is 6.61 Å². The first-order valence-corrected chi connectivity index (χ1v) is 5.46. The van der Waals surface area contributed by atoms with Crippen LogP contribution in [0.3, 0.4) is 0 Å². The Morgan fingerprint density at radius 2 is 1.53 bits per heavy atom. The van der Waals surface area contributed by atoms with E-state index in [4.69, 9.17) is 10.6 Å². The summed E-state index contributed by atoms with van der Waals surface area (Å²) in [5.41, 5.74) is 10.1. The van der Waals surface area contributed by atoms with Gasteiger partial charge in [0.2, 0.25) is 0 Å². The summed E-state index contributed by atoms with van der Waals surface area (Å²) in [6.07, 6.45) is 0. The number of aliphatic hydroxyl groups excluding tert-OH is 1. The molecule has 0 spiro atoms. The van der Waals surface area contributed by atoms with Crippen LogP contribution in [0, 0.1) is 5.53 Å². The second-order valence-electron chi connectivity index (χ2n) is 3.84. The molecule has 0 aliphatic rings. The molecule has 2 aromatic rings. The van der Waals surface area contributed by atoms with Crippen molar-refractivity contribution in [3.63, 3.8) is 0 Å². The molecule has 3 nitrogen and oxygen atoms in total. The Morgan fingerprint density at radius 3 is 2.06 bits per heavy atom. The van der Waals surface area contributed by atoms with Crippen molar-refractivity contribution in [1.82, 2.24) is 0 Å². The summed E-state index contributed by atoms with van der Waals surface area (Å²) in [6, 6.07) is 17.0. The van der Waals surface area contributed by atoms with Gasteiger partial charge < -0.3 is 5.11 Å². The molecular formula is C14H14N2O. The van der Waals surface area contributed by atoms with Crippen molar-refractivity contribution in [3.05, 3.63) is 71.3 Å². The third-order valence-corrected chi connectivity index (χ3v) is 2.72. The summed E-state index contributed by atoms with van der Waals surface area (Å²) in [4.78, 5) is 0. The van der Waals surface area contributed by atoms with Gasteiger partial charge in [-0.2, -0.15) is 5.11 Å². The van der Waals surface area contributed by atoms with Crippen LogP contribution in [0.2, 0.25) is 0 Å². The lowest BCUT2D eigenvalue weighted by atomic mass is 9.99. The van der Waals surface area contributed by atoms with Gasteiger partial charge in [0.1, 0.15) is 6.04 Å². The first-order chi connectivity index (χ1) is 8.35. The predicted molar refractivity (Wildman–Crippen MR) is 65.8 cm³/mol. The molecule has 2 aromatic carbocycles. The Bertz CT molecular complexity index is 479. The van der Waals surface area contributed by atoms with E-state index in [-0.39, 0.29) is 12.6 Å². The molecule has 0 aliphatic carbocycles. The molecule has 2 rings (SSSR count). The molecule has 1 unspecified atom stereocenters. The van der Waals surface area contributed by atoms with Crippen LogP contribution < -0.4 is 0 Å². The van der Waals surface area contributed by atoms with Gasteiger partial charge in [-0.25, -0.2) is 5.53 Å². The Balaban J connectivity index is 2.32. The number of rotatable bonds is 4. The molecule has 0 radical (unpaired) electrons. The summed E-state index contributed by atoms with van der Waals surface area (Å²) in [6.45, 7) is 0.0360. The van der Waals surface area contributed by atoms with E-state index < -0.39 is 0 Å². The van der Waals surface area contributed by atoms with E-state index >= 15 is 0 Å². The van der Waals surface area contributed by atoms with E-state index in [0.29, 0.717) is 0 Å². The van der Waals surface area contributed by atoms with Crippen molar-refractivity contribution in [3.8, 4) is 0 Å². The summed E-state index contributed by atoms with van der Waals surface area (Å²) in [7, 11) is 0. The third kappa shape index (κ3) is 2.57. The molecule has 0 bridgehead atoms. The van der Waals surface area contributed by atoms with Gasteiger partial charge in [-0.15, -0.1) is 0 Å². The van der Waals surface area contributed by atoms with Gasteiger partial charge in [-0.05, 0) is 16.7 Å². The molecule has 2 N–H and O–H groups in total. The largest absolute Gasteiger partial charge is 0.392 e. The summed E-state index contributed by atoms with van der Waals surface area (Å²) in [5, 5.41) is 12.7. The number of nitrogens with one attached hydrogen (secondary N) is 1. The van der Waals surface area contributed by atoms with E-state index in [0.717, 1.165) is 16.7 Å². The zero-order chi connectivity index (χ0) is 12.1. The van der Waals surface area contributed by atoms with Crippen LogP contribution in [0.5, 0.6) is 0 Å². The average molecular weight is 226 g/mol. The van der Waals surface area contributed by atoms with Gasteiger partial charge in [0.25, 0.3) is 0 Å². The Hall–Kier alpha value is -2.00. The Kier molecular flexibility index (Phi) is 3.62. The van der Waals surface area contributed by atoms with Crippen molar-refractivity contribution in [1.29, 1.82) is 5.53 Å². The predicted octanol–water partition coefficient (Wildman–Crippen LogP) is 3.30. The topological polar surface area (TPSA) is 56.4 Å². The highest BCUT2D eigenvalue weighted by Gasteiger charge is 2.11. The molecule has 0 aromatic heterocycles. The number of benzene rings is 2. The van der Waals surface area contributed by atoms with Gasteiger partial charge >= 0.3 is 0 Å². The van der Waals surface area contributed by atoms with Crippen LogP contribution in [-0.4, -0.2) is 5.11 Å². The second-order valence-corrected chi connectivity index (χ2v) is 3.84. The fourth-order valence-electron chi connectivity index (χ4n) is 1.78. The molecular weight excluding hydrogens is 212 g/mol. The van der Waals surface area contributed by atoms with Crippen LogP contribution in [0.1, 0.15) is 22.7 Å². The maximum Gasteiger partial charge on any atom is 0.121 e. The van der Waals surface area contributed by atoms with Gasteiger partial charge in [0.15, 0.2) is 0 Å². The molecule has 0 saturated heterocycles. The monoisotopic (exact) mass is 226 g/mol. The first kappa shape index (κ1) is 11.5. The second kappa shape index (κ2) is 5.37. The van der Waals surface area contributed by atoms with Crippen molar-refractivity contribution in [2.75, 3.05) is 0 Å². The van der Waals surface area contributed by atoms with E-state index in [1.54, 1.807) is 0 Å². The lowest BCUT2D eigenvalue weighted by Gasteiger charge is -2.11. The molecule has 3 heteroatoms. The summed E-state index contributed by atoms with van der Waals surface area (Å²) < 4.78 is 0. The zero-order valence-electron chi connectivity index (χ0n) is 9.38. The molecule has 0 aliphatic heterocycles. The van der Waals surface area contributed by atoms with E-state index in [2.05, 4.69) is 5.11 Å². The minimum atomic E-state index is -0.260. The van der Waals surface area contributed by atoms with Crippen molar-refractivity contribution in [2.24, 2.45) is 5.11 Å². The van der Waals surface area contributed by atoms with Gasteiger partial charge in [-0.1, -0.05) is 54.6 Å². The third-order valence-electron chi connectivity index (χ3n) is 2.72. The molecule has 0 amide bonds. The molecule has 1 atom stereocenters. The SMILES string of the molecule is N=NC(c1ccccc1)c1ccc(CO)cc1. The van der Waals surface area contributed by atoms with Gasteiger partial charge in [-0.3, -0.25) is 0 Å². The fourth-order valence-corrected chi connectivity index (χ4v) is 1.78. The summed E-state index contributed by atoms with van der Waals surface area (Å²) >= 11 is 0. The van der Waals surface area contributed by atoms with Gasteiger partial charge in [0.05, 0.1) is 6.61 Å². The Labute approximate surface area is 100 Å². The number of aliphatic hydroxyl groups is 1. The zero-order valence-corrected chi connectivity index (χ0v) is 9.38. The highest BCUT2D eigenvalue weighted by molar-refractivity contribution is 5.33. The smallest absolute Gasteiger partial charge is 0.121 e. The highest BCUT2D eigenvalue weighted by atomic mass is 16.3. The van der Waals surface area contributed by atoms with Crippen LogP contribution in [0.25, 0.3) is 0 Å². The van der Waals surface area contributed by atoms with Gasteiger partial charge in [0, 0.05) is 0 Å². The Morgan fingerprint density at radius 1 is 0.941 bits per heavy atom. The van der Waals surface area contributed by atoms with Crippen LogP contribution >= 0.6 is 0 Å². The highest BCUT2D eigenvalue weighted by Crippen LogP contribution is 2.25. The van der Waals surface area contributed by atoms with E-state index in [1.165, 1.54) is 0 Å². The van der Waals surface area contributed by atoms with Crippen LogP contribution in [0.4, 0.5) is 0 Å². The number of nitrogens with zero attached hydrogens (tertiary/aromatic N) is 1. The molecule has 0 saturated carbocycles. The standard InChI is InChI=1S/C14H14N2O/c15-16-14(12-4-2-1-3-5-12)13-8-6-11(10-17)7-9-13/h1-9,14-15,17H,10H2. The van der Waals surface area contributed by atoms with Crippen LogP contribution in [0.15, 0.2) is 59.7 Å². The number of hydrogen-bond donors (Lipinski definition) is 2.